The summed E-state index contributed by atoms with van der Waals surface area (Å²) in [4.78, 5) is 1.92. The number of benzene rings is 1. The van der Waals surface area contributed by atoms with Crippen LogP contribution in [0.25, 0.3) is 0 Å². The summed E-state index contributed by atoms with van der Waals surface area (Å²) in [7, 11) is 0. The third-order valence-electron chi connectivity index (χ3n) is 1.75. The average molecular weight is 217 g/mol. The highest BCUT2D eigenvalue weighted by atomic mass is 32.1. The van der Waals surface area contributed by atoms with Crippen molar-refractivity contribution in [2.24, 2.45) is 0 Å². The molecule has 0 aromatic heterocycles. The van der Waals surface area contributed by atoms with Crippen LogP contribution in [-0.2, 0) is 6.54 Å². The number of hydrogen-bond acceptors (Lipinski definition) is 3. The van der Waals surface area contributed by atoms with Gasteiger partial charge in [-0.1, -0.05) is 18.2 Å². The van der Waals surface area contributed by atoms with E-state index in [4.69, 9.17) is 0 Å². The van der Waals surface area contributed by atoms with Crippen LogP contribution < -0.4 is 0 Å². The van der Waals surface area contributed by atoms with Gasteiger partial charge in [-0.05, 0) is 6.07 Å². The zero-order valence-corrected chi connectivity index (χ0v) is 8.94. The molecular weight excluding hydrogens is 205 g/mol. The van der Waals surface area contributed by atoms with Crippen LogP contribution in [0.3, 0.4) is 0 Å². The van der Waals surface area contributed by atoms with Gasteiger partial charge in [0.1, 0.15) is 5.82 Å². The second-order valence-corrected chi connectivity index (χ2v) is 3.27. The fraction of sp³-hybridized carbons (Fsp3) is 0.333. The van der Waals surface area contributed by atoms with Gasteiger partial charge in [0.25, 0.3) is 0 Å². The minimum Gasteiger partial charge on any atom is -0.281 e. The highest BCUT2D eigenvalue weighted by Crippen LogP contribution is 2.10. The van der Waals surface area contributed by atoms with E-state index in [0.717, 1.165) is 0 Å². The Morgan fingerprint density at radius 3 is 2.31 bits per heavy atom. The third kappa shape index (κ3) is 3.21. The van der Waals surface area contributed by atoms with Crippen molar-refractivity contribution in [3.05, 3.63) is 35.6 Å². The van der Waals surface area contributed by atoms with Gasteiger partial charge in [0, 0.05) is 23.9 Å². The average Bonchev–Trinajstić information content (AvgIpc) is 2.17. The molecule has 0 aliphatic heterocycles. The predicted molar refractivity (Wildman–Crippen MR) is 59.6 cm³/mol. The lowest BCUT2D eigenvalue weighted by atomic mass is 10.2. The van der Waals surface area contributed by atoms with Crippen LogP contribution in [0, 0.1) is 5.82 Å². The molecule has 4 heteroatoms. The van der Waals surface area contributed by atoms with Gasteiger partial charge in [-0.15, -0.1) is 0 Å². The largest absolute Gasteiger partial charge is 0.281 e. The SMILES string of the molecule is Fc1ccccc1CN(CS)CS. The maximum absolute atomic E-state index is 13.1. The lowest BCUT2D eigenvalue weighted by Crippen LogP contribution is -2.20. The van der Waals surface area contributed by atoms with Gasteiger partial charge in [-0.3, -0.25) is 4.90 Å². The van der Waals surface area contributed by atoms with Gasteiger partial charge in [0.2, 0.25) is 0 Å². The molecular formula is C9H12FNS2. The van der Waals surface area contributed by atoms with Crippen LogP contribution >= 0.6 is 25.3 Å². The van der Waals surface area contributed by atoms with Crippen LogP contribution in [0.2, 0.25) is 0 Å². The van der Waals surface area contributed by atoms with Crippen molar-refractivity contribution in [1.82, 2.24) is 4.90 Å². The molecule has 0 heterocycles. The van der Waals surface area contributed by atoms with E-state index in [1.807, 2.05) is 11.0 Å². The Morgan fingerprint density at radius 2 is 1.77 bits per heavy atom. The number of halogens is 1. The molecule has 1 aromatic rings. The van der Waals surface area contributed by atoms with Crippen LogP contribution in [0.4, 0.5) is 4.39 Å². The van der Waals surface area contributed by atoms with Gasteiger partial charge >= 0.3 is 0 Å². The molecule has 0 atom stereocenters. The van der Waals surface area contributed by atoms with Crippen molar-refractivity contribution in [2.45, 2.75) is 6.54 Å². The Kier molecular flexibility index (Phi) is 4.62. The quantitative estimate of drug-likeness (QED) is 0.578. The van der Waals surface area contributed by atoms with Crippen molar-refractivity contribution >= 4 is 25.3 Å². The molecule has 0 amide bonds. The van der Waals surface area contributed by atoms with Crippen molar-refractivity contribution in [2.75, 3.05) is 11.8 Å². The maximum Gasteiger partial charge on any atom is 0.127 e. The number of hydrogen-bond donors (Lipinski definition) is 2. The molecule has 0 radical (unpaired) electrons. The number of rotatable bonds is 4. The van der Waals surface area contributed by atoms with Crippen LogP contribution in [0.1, 0.15) is 5.56 Å². The molecule has 0 N–H and O–H groups in total. The van der Waals surface area contributed by atoms with Crippen molar-refractivity contribution in [3.63, 3.8) is 0 Å². The molecule has 0 bridgehead atoms. The normalized spacial score (nSPS) is 10.8. The smallest absolute Gasteiger partial charge is 0.127 e. The van der Waals surface area contributed by atoms with Gasteiger partial charge in [-0.25, -0.2) is 4.39 Å². The zero-order chi connectivity index (χ0) is 9.68. The summed E-state index contributed by atoms with van der Waals surface area (Å²) in [5.74, 6) is 0.992. The van der Waals surface area contributed by atoms with E-state index in [2.05, 4.69) is 25.3 Å². The van der Waals surface area contributed by atoms with Gasteiger partial charge in [0.15, 0.2) is 0 Å². The van der Waals surface area contributed by atoms with Gasteiger partial charge in [0.05, 0.1) is 0 Å². The lowest BCUT2D eigenvalue weighted by Gasteiger charge is -2.16. The molecule has 0 saturated carbocycles. The molecule has 0 spiro atoms. The minimum atomic E-state index is -0.170. The molecule has 0 unspecified atom stereocenters. The minimum absolute atomic E-state index is 0.170. The summed E-state index contributed by atoms with van der Waals surface area (Å²) in [6.45, 7) is 0.555. The topological polar surface area (TPSA) is 3.24 Å². The first-order chi connectivity index (χ1) is 6.27. The second kappa shape index (κ2) is 5.52. The molecule has 1 aromatic carbocycles. The second-order valence-electron chi connectivity index (χ2n) is 2.70. The molecule has 1 nitrogen and oxygen atoms in total. The van der Waals surface area contributed by atoms with Crippen molar-refractivity contribution in [3.8, 4) is 0 Å². The van der Waals surface area contributed by atoms with E-state index >= 15 is 0 Å². The van der Waals surface area contributed by atoms with E-state index in [1.165, 1.54) is 6.07 Å². The Hall–Kier alpha value is -0.190. The van der Waals surface area contributed by atoms with E-state index in [1.54, 1.807) is 12.1 Å². The van der Waals surface area contributed by atoms with Crippen molar-refractivity contribution in [1.29, 1.82) is 0 Å². The number of nitrogens with zero attached hydrogens (tertiary/aromatic N) is 1. The monoisotopic (exact) mass is 217 g/mol. The standard InChI is InChI=1S/C9H12FNS2/c10-9-4-2-1-3-8(9)5-11(6-12)7-13/h1-4,12-13H,5-7H2. The molecule has 0 fully saturated rings. The highest BCUT2D eigenvalue weighted by Gasteiger charge is 2.05. The Bertz CT molecular complexity index is 264. The van der Waals surface area contributed by atoms with E-state index < -0.39 is 0 Å². The first-order valence-electron chi connectivity index (χ1n) is 3.95. The fourth-order valence-electron chi connectivity index (χ4n) is 1.01. The number of thiol groups is 2. The zero-order valence-electron chi connectivity index (χ0n) is 7.15. The molecule has 72 valence electrons. The molecule has 0 aliphatic carbocycles. The molecule has 0 saturated heterocycles. The summed E-state index contributed by atoms with van der Waals surface area (Å²) < 4.78 is 13.1. The lowest BCUT2D eigenvalue weighted by molar-refractivity contribution is 0.365. The van der Waals surface area contributed by atoms with Crippen LogP contribution in [0.5, 0.6) is 0 Å². The summed E-state index contributed by atoms with van der Waals surface area (Å²) in [6, 6.07) is 6.75. The Morgan fingerprint density at radius 1 is 1.15 bits per heavy atom. The molecule has 13 heavy (non-hydrogen) atoms. The summed E-state index contributed by atoms with van der Waals surface area (Å²) in [5, 5.41) is 0. The third-order valence-corrected chi connectivity index (χ3v) is 2.55. The van der Waals surface area contributed by atoms with Gasteiger partial charge in [-0.2, -0.15) is 25.3 Å². The first kappa shape index (κ1) is 10.9. The van der Waals surface area contributed by atoms with Gasteiger partial charge < -0.3 is 0 Å². The maximum atomic E-state index is 13.1. The van der Waals surface area contributed by atoms with Crippen molar-refractivity contribution < 1.29 is 4.39 Å². The first-order valence-corrected chi connectivity index (χ1v) is 5.22. The van der Waals surface area contributed by atoms with E-state index in [-0.39, 0.29) is 5.82 Å². The van der Waals surface area contributed by atoms with Crippen LogP contribution in [0.15, 0.2) is 24.3 Å². The highest BCUT2D eigenvalue weighted by molar-refractivity contribution is 7.81. The van der Waals surface area contributed by atoms with E-state index in [0.29, 0.717) is 23.9 Å². The summed E-state index contributed by atoms with van der Waals surface area (Å²) in [6.07, 6.45) is 0. The van der Waals surface area contributed by atoms with E-state index in [9.17, 15) is 4.39 Å². The Balaban J connectivity index is 2.67. The van der Waals surface area contributed by atoms with Crippen LogP contribution in [-0.4, -0.2) is 16.7 Å². The fourth-order valence-corrected chi connectivity index (χ4v) is 1.57. The Labute approximate surface area is 88.8 Å². The predicted octanol–water partition coefficient (Wildman–Crippen LogP) is 2.40. The molecule has 1 rings (SSSR count). The summed E-state index contributed by atoms with van der Waals surface area (Å²) in [5.41, 5.74) is 0.686. The molecule has 0 aliphatic rings. The summed E-state index contributed by atoms with van der Waals surface area (Å²) >= 11 is 8.23.